The fourth-order valence-electron chi connectivity index (χ4n) is 3.79. The average molecular weight is 505 g/mol. The van der Waals surface area contributed by atoms with Crippen LogP contribution >= 0.6 is 23.2 Å². The second kappa shape index (κ2) is 9.73. The molecule has 0 saturated carbocycles. The molecule has 172 valence electrons. The van der Waals surface area contributed by atoms with Crippen molar-refractivity contribution in [3.63, 3.8) is 0 Å². The van der Waals surface area contributed by atoms with Gasteiger partial charge in [-0.2, -0.15) is 4.31 Å². The molecule has 1 aliphatic heterocycles. The Labute approximate surface area is 203 Å². The van der Waals surface area contributed by atoms with Gasteiger partial charge in [-0.3, -0.25) is 4.79 Å². The van der Waals surface area contributed by atoms with Crippen LogP contribution in [0.5, 0.6) is 5.75 Å². The number of carbonyl (C=O) groups is 1. The maximum absolute atomic E-state index is 13.6. The van der Waals surface area contributed by atoms with E-state index in [1.54, 1.807) is 24.3 Å². The van der Waals surface area contributed by atoms with E-state index in [0.717, 1.165) is 11.1 Å². The van der Waals surface area contributed by atoms with Crippen LogP contribution in [0.15, 0.2) is 71.6 Å². The van der Waals surface area contributed by atoms with Gasteiger partial charge in [0.1, 0.15) is 11.8 Å². The van der Waals surface area contributed by atoms with E-state index in [1.165, 1.54) is 22.5 Å². The first-order valence-corrected chi connectivity index (χ1v) is 12.6. The summed E-state index contributed by atoms with van der Waals surface area (Å²) < 4.78 is 33.9. The van der Waals surface area contributed by atoms with Crippen LogP contribution < -0.4 is 10.1 Å². The van der Waals surface area contributed by atoms with Gasteiger partial charge in [-0.05, 0) is 66.9 Å². The van der Waals surface area contributed by atoms with Crippen molar-refractivity contribution in [2.75, 3.05) is 11.9 Å². The third-order valence-corrected chi connectivity index (χ3v) is 7.86. The molecule has 1 atom stereocenters. The maximum Gasteiger partial charge on any atom is 0.244 e. The molecule has 0 fully saturated rings. The van der Waals surface area contributed by atoms with E-state index in [2.05, 4.69) is 5.32 Å². The van der Waals surface area contributed by atoms with Crippen molar-refractivity contribution in [1.29, 1.82) is 0 Å². The van der Waals surface area contributed by atoms with Crippen molar-refractivity contribution >= 4 is 44.8 Å². The van der Waals surface area contributed by atoms with Crippen molar-refractivity contribution in [3.8, 4) is 5.75 Å². The van der Waals surface area contributed by atoms with E-state index < -0.39 is 22.0 Å². The fraction of sp³-hybridized carbons (Fsp3) is 0.208. The number of rotatable bonds is 6. The summed E-state index contributed by atoms with van der Waals surface area (Å²) in [6.07, 6.45) is 0.240. The Morgan fingerprint density at radius 2 is 1.76 bits per heavy atom. The molecule has 1 heterocycles. The highest BCUT2D eigenvalue weighted by molar-refractivity contribution is 7.89. The predicted molar refractivity (Wildman–Crippen MR) is 129 cm³/mol. The number of amides is 1. The summed E-state index contributed by atoms with van der Waals surface area (Å²) in [6.45, 7) is 2.41. The molecular weight excluding hydrogens is 483 g/mol. The number of halogens is 2. The molecule has 0 saturated heterocycles. The van der Waals surface area contributed by atoms with Gasteiger partial charge in [0.2, 0.25) is 15.9 Å². The molecule has 4 rings (SSSR count). The molecular formula is C24H22Cl2N2O4S. The second-order valence-electron chi connectivity index (χ2n) is 7.56. The van der Waals surface area contributed by atoms with Crippen LogP contribution in [0, 0.1) is 0 Å². The van der Waals surface area contributed by atoms with Gasteiger partial charge in [0.25, 0.3) is 0 Å². The number of sulfonamides is 1. The van der Waals surface area contributed by atoms with Crippen molar-refractivity contribution in [3.05, 3.63) is 87.9 Å². The molecule has 3 aromatic carbocycles. The van der Waals surface area contributed by atoms with Gasteiger partial charge in [-0.15, -0.1) is 0 Å². The van der Waals surface area contributed by atoms with Crippen LogP contribution in [0.3, 0.4) is 0 Å². The quantitative estimate of drug-likeness (QED) is 0.503. The molecule has 1 unspecified atom stereocenters. The number of ether oxygens (including phenoxy) is 1. The maximum atomic E-state index is 13.6. The largest absolute Gasteiger partial charge is 0.494 e. The highest BCUT2D eigenvalue weighted by atomic mass is 35.5. The number of nitrogens with one attached hydrogen (secondary N) is 1. The van der Waals surface area contributed by atoms with Gasteiger partial charge in [0, 0.05) is 11.6 Å². The molecule has 6 nitrogen and oxygen atoms in total. The van der Waals surface area contributed by atoms with Crippen LogP contribution in [-0.4, -0.2) is 31.3 Å². The minimum atomic E-state index is -3.98. The van der Waals surface area contributed by atoms with Crippen LogP contribution in [-0.2, 0) is 27.8 Å². The van der Waals surface area contributed by atoms with Crippen LogP contribution in [0.1, 0.15) is 18.1 Å². The van der Waals surface area contributed by atoms with Gasteiger partial charge in [0.15, 0.2) is 0 Å². The van der Waals surface area contributed by atoms with Crippen LogP contribution in [0.25, 0.3) is 0 Å². The Kier molecular flexibility index (Phi) is 6.95. The molecule has 1 aliphatic rings. The van der Waals surface area contributed by atoms with Gasteiger partial charge in [0.05, 0.1) is 22.2 Å². The van der Waals surface area contributed by atoms with Crippen molar-refractivity contribution in [2.24, 2.45) is 0 Å². The predicted octanol–water partition coefficient (Wildman–Crippen LogP) is 5.15. The van der Waals surface area contributed by atoms with Crippen LogP contribution in [0.2, 0.25) is 10.0 Å². The number of benzene rings is 3. The molecule has 1 amide bonds. The number of nitrogens with zero attached hydrogens (tertiary/aromatic N) is 1. The molecule has 3 aromatic rings. The third-order valence-electron chi connectivity index (χ3n) is 5.44. The van der Waals surface area contributed by atoms with E-state index in [-0.39, 0.29) is 22.9 Å². The SMILES string of the molecule is CCOc1ccc(S(=O)(=O)N2Cc3ccccc3CC2C(=O)Nc2ccc(Cl)cc2Cl)cc1. The third kappa shape index (κ3) is 5.01. The van der Waals surface area contributed by atoms with E-state index in [0.29, 0.717) is 23.1 Å². The van der Waals surface area contributed by atoms with Crippen molar-refractivity contribution < 1.29 is 17.9 Å². The minimum absolute atomic E-state index is 0.0815. The number of hydrogen-bond donors (Lipinski definition) is 1. The molecule has 1 N–H and O–H groups in total. The molecule has 9 heteroatoms. The Hall–Kier alpha value is -2.58. The molecule has 0 spiro atoms. The monoisotopic (exact) mass is 504 g/mol. The summed E-state index contributed by atoms with van der Waals surface area (Å²) in [5, 5.41) is 3.47. The van der Waals surface area contributed by atoms with Crippen molar-refractivity contribution in [1.82, 2.24) is 4.31 Å². The van der Waals surface area contributed by atoms with Gasteiger partial charge >= 0.3 is 0 Å². The number of hydrogen-bond acceptors (Lipinski definition) is 4. The van der Waals surface area contributed by atoms with Gasteiger partial charge < -0.3 is 10.1 Å². The molecule has 0 radical (unpaired) electrons. The number of carbonyl (C=O) groups excluding carboxylic acids is 1. The highest BCUT2D eigenvalue weighted by Gasteiger charge is 2.39. The number of anilines is 1. The Balaban J connectivity index is 1.69. The normalized spacial score (nSPS) is 16.2. The van der Waals surface area contributed by atoms with Gasteiger partial charge in [-0.25, -0.2) is 8.42 Å². The first kappa shape index (κ1) is 23.6. The van der Waals surface area contributed by atoms with Crippen molar-refractivity contribution in [2.45, 2.75) is 30.8 Å². The number of fused-ring (bicyclic) bond motifs is 1. The highest BCUT2D eigenvalue weighted by Crippen LogP contribution is 2.32. The zero-order valence-electron chi connectivity index (χ0n) is 17.8. The molecule has 0 aromatic heterocycles. The lowest BCUT2D eigenvalue weighted by molar-refractivity contribution is -0.120. The average Bonchev–Trinajstić information content (AvgIpc) is 2.80. The zero-order valence-corrected chi connectivity index (χ0v) is 20.1. The summed E-state index contributed by atoms with van der Waals surface area (Å²) in [5.74, 6) is 0.107. The Bertz CT molecular complexity index is 1280. The van der Waals surface area contributed by atoms with E-state index in [9.17, 15) is 13.2 Å². The first-order chi connectivity index (χ1) is 15.8. The first-order valence-electron chi connectivity index (χ1n) is 10.4. The van der Waals surface area contributed by atoms with E-state index in [4.69, 9.17) is 27.9 Å². The Morgan fingerprint density at radius 3 is 2.42 bits per heavy atom. The lowest BCUT2D eigenvalue weighted by atomic mass is 9.95. The topological polar surface area (TPSA) is 75.7 Å². The smallest absolute Gasteiger partial charge is 0.244 e. The molecule has 33 heavy (non-hydrogen) atoms. The Morgan fingerprint density at radius 1 is 1.06 bits per heavy atom. The second-order valence-corrected chi connectivity index (χ2v) is 10.3. The molecule has 0 aliphatic carbocycles. The van der Waals surface area contributed by atoms with E-state index in [1.807, 2.05) is 31.2 Å². The zero-order chi connectivity index (χ0) is 23.6. The summed E-state index contributed by atoms with van der Waals surface area (Å²) in [7, 11) is -3.98. The summed E-state index contributed by atoms with van der Waals surface area (Å²) >= 11 is 12.2. The standard InChI is InChI=1S/C24H22Cl2N2O4S/c1-2-32-19-8-10-20(11-9-19)33(30,31)28-15-17-6-4-3-5-16(17)13-23(28)24(29)27-22-12-7-18(25)14-21(22)26/h3-12,14,23H,2,13,15H2,1H3,(H,27,29). The van der Waals surface area contributed by atoms with Crippen LogP contribution in [0.4, 0.5) is 5.69 Å². The van der Waals surface area contributed by atoms with E-state index >= 15 is 0 Å². The summed E-state index contributed by atoms with van der Waals surface area (Å²) in [6, 6.07) is 17.5. The lowest BCUT2D eigenvalue weighted by Gasteiger charge is -2.35. The lowest BCUT2D eigenvalue weighted by Crippen LogP contribution is -2.50. The minimum Gasteiger partial charge on any atom is -0.494 e. The summed E-state index contributed by atoms with van der Waals surface area (Å²) in [4.78, 5) is 13.4. The summed E-state index contributed by atoms with van der Waals surface area (Å²) in [5.41, 5.74) is 2.15. The molecule has 0 bridgehead atoms. The van der Waals surface area contributed by atoms with Gasteiger partial charge in [-0.1, -0.05) is 47.5 Å². The fourth-order valence-corrected chi connectivity index (χ4v) is 5.81.